The molecule has 1 aliphatic heterocycles. The molecule has 0 fully saturated rings. The van der Waals surface area contributed by atoms with Gasteiger partial charge in [0.15, 0.2) is 0 Å². The highest BCUT2D eigenvalue weighted by Gasteiger charge is 2.29. The van der Waals surface area contributed by atoms with E-state index < -0.39 is 0 Å². The van der Waals surface area contributed by atoms with Gasteiger partial charge in [-0.2, -0.15) is 0 Å². The first kappa shape index (κ1) is 14.7. The molecule has 1 nitrogen and oxygen atoms in total. The highest BCUT2D eigenvalue weighted by atomic mass is 35.5. The molecule has 0 amide bonds. The van der Waals surface area contributed by atoms with Crippen molar-refractivity contribution in [3.05, 3.63) is 63.7 Å². The van der Waals surface area contributed by atoms with Crippen molar-refractivity contribution in [3.8, 4) is 5.75 Å². The van der Waals surface area contributed by atoms with E-state index in [-0.39, 0.29) is 11.3 Å². The summed E-state index contributed by atoms with van der Waals surface area (Å²) in [5.74, 6) is 1.23. The molecule has 110 valence electrons. The summed E-state index contributed by atoms with van der Waals surface area (Å²) in [4.78, 5) is 0. The van der Waals surface area contributed by atoms with Crippen molar-refractivity contribution in [2.24, 2.45) is 0 Å². The Kier molecular flexibility index (Phi) is 4.14. The smallest absolute Gasteiger partial charge is 0.122 e. The Hall–Kier alpha value is -1.18. The molecule has 2 aromatic carbocycles. The highest BCUT2D eigenvalue weighted by molar-refractivity contribution is 6.31. The van der Waals surface area contributed by atoms with Gasteiger partial charge in [0.25, 0.3) is 0 Å². The van der Waals surface area contributed by atoms with Gasteiger partial charge >= 0.3 is 0 Å². The van der Waals surface area contributed by atoms with E-state index in [1.807, 2.05) is 31.2 Å². The average Bonchev–Trinajstić information content (AvgIpc) is 2.49. The van der Waals surface area contributed by atoms with Crippen LogP contribution in [0.15, 0.2) is 36.4 Å². The van der Waals surface area contributed by atoms with Crippen LogP contribution in [0.3, 0.4) is 0 Å². The maximum absolute atomic E-state index is 6.84. The van der Waals surface area contributed by atoms with Gasteiger partial charge in [-0.05, 0) is 54.7 Å². The van der Waals surface area contributed by atoms with E-state index in [4.69, 9.17) is 27.9 Å². The summed E-state index contributed by atoms with van der Waals surface area (Å²) in [5.41, 5.74) is 4.59. The molecule has 3 heteroatoms. The quantitative estimate of drug-likeness (QED) is 0.635. The van der Waals surface area contributed by atoms with Gasteiger partial charge in [-0.1, -0.05) is 35.9 Å². The minimum absolute atomic E-state index is 0.0639. The van der Waals surface area contributed by atoms with Gasteiger partial charge in [0.2, 0.25) is 0 Å². The van der Waals surface area contributed by atoms with Crippen LogP contribution in [0.5, 0.6) is 5.75 Å². The van der Waals surface area contributed by atoms with Crippen LogP contribution in [0.25, 0.3) is 0 Å². The fourth-order valence-electron chi connectivity index (χ4n) is 2.99. The lowest BCUT2D eigenvalue weighted by Gasteiger charge is -2.30. The van der Waals surface area contributed by atoms with E-state index in [0.717, 1.165) is 34.9 Å². The van der Waals surface area contributed by atoms with Crippen LogP contribution in [-0.2, 0) is 0 Å². The summed E-state index contributed by atoms with van der Waals surface area (Å²) in [6, 6.07) is 12.3. The number of aryl methyl sites for hydroxylation is 2. The van der Waals surface area contributed by atoms with Crippen LogP contribution in [0, 0.1) is 13.8 Å². The normalized spacial score (nSPS) is 18.8. The van der Waals surface area contributed by atoms with E-state index in [2.05, 4.69) is 19.1 Å². The summed E-state index contributed by atoms with van der Waals surface area (Å²) in [6.07, 6.45) is 0.937. The van der Waals surface area contributed by atoms with Crippen LogP contribution in [-0.4, -0.2) is 6.61 Å². The minimum Gasteiger partial charge on any atom is -0.493 e. The maximum Gasteiger partial charge on any atom is 0.122 e. The predicted octanol–water partition coefficient (Wildman–Crippen LogP) is 5.80. The number of fused-ring (bicyclic) bond motifs is 1. The number of halogens is 2. The van der Waals surface area contributed by atoms with Crippen LogP contribution < -0.4 is 4.74 Å². The summed E-state index contributed by atoms with van der Waals surface area (Å²) >= 11 is 13.0. The molecule has 0 bridgehead atoms. The Labute approximate surface area is 135 Å². The first-order valence-corrected chi connectivity index (χ1v) is 8.02. The van der Waals surface area contributed by atoms with Gasteiger partial charge in [-0.25, -0.2) is 0 Å². The van der Waals surface area contributed by atoms with E-state index >= 15 is 0 Å². The Morgan fingerprint density at radius 3 is 2.71 bits per heavy atom. The largest absolute Gasteiger partial charge is 0.493 e. The number of rotatable bonds is 2. The molecular formula is C18H18Cl2O. The van der Waals surface area contributed by atoms with Gasteiger partial charge in [0.05, 0.1) is 12.0 Å². The van der Waals surface area contributed by atoms with Gasteiger partial charge in [-0.15, -0.1) is 11.6 Å². The molecule has 2 unspecified atom stereocenters. The zero-order chi connectivity index (χ0) is 15.0. The van der Waals surface area contributed by atoms with E-state index in [1.165, 1.54) is 11.1 Å². The molecule has 0 aromatic heterocycles. The van der Waals surface area contributed by atoms with Crippen molar-refractivity contribution >= 4 is 23.2 Å². The Morgan fingerprint density at radius 2 is 1.90 bits per heavy atom. The molecule has 0 radical (unpaired) electrons. The molecule has 3 rings (SSSR count). The zero-order valence-corrected chi connectivity index (χ0v) is 13.7. The van der Waals surface area contributed by atoms with Crippen molar-refractivity contribution in [3.63, 3.8) is 0 Å². The van der Waals surface area contributed by atoms with Crippen LogP contribution in [0.4, 0.5) is 0 Å². The molecule has 0 saturated carbocycles. The lowest BCUT2D eigenvalue weighted by Crippen LogP contribution is -2.18. The van der Waals surface area contributed by atoms with Crippen LogP contribution >= 0.6 is 23.2 Å². The summed E-state index contributed by atoms with van der Waals surface area (Å²) in [7, 11) is 0. The summed E-state index contributed by atoms with van der Waals surface area (Å²) in [6.45, 7) is 4.81. The fourth-order valence-corrected chi connectivity index (χ4v) is 3.71. The number of hydrogen-bond donors (Lipinski definition) is 0. The van der Waals surface area contributed by atoms with Gasteiger partial charge in [0, 0.05) is 10.9 Å². The number of para-hydroxylation sites is 1. The van der Waals surface area contributed by atoms with Crippen molar-refractivity contribution in [1.29, 1.82) is 0 Å². The molecule has 2 aromatic rings. The van der Waals surface area contributed by atoms with Crippen LogP contribution in [0.2, 0.25) is 5.02 Å². The second kappa shape index (κ2) is 5.90. The zero-order valence-electron chi connectivity index (χ0n) is 12.2. The lowest BCUT2D eigenvalue weighted by atomic mass is 9.85. The van der Waals surface area contributed by atoms with E-state index in [9.17, 15) is 0 Å². The monoisotopic (exact) mass is 320 g/mol. The molecule has 2 atom stereocenters. The molecule has 0 aliphatic carbocycles. The second-order valence-electron chi connectivity index (χ2n) is 5.64. The first-order valence-electron chi connectivity index (χ1n) is 7.20. The molecule has 0 saturated heterocycles. The summed E-state index contributed by atoms with van der Waals surface area (Å²) < 4.78 is 5.73. The molecule has 0 spiro atoms. The van der Waals surface area contributed by atoms with Crippen LogP contribution in [0.1, 0.15) is 40.0 Å². The predicted molar refractivity (Wildman–Crippen MR) is 88.8 cm³/mol. The Bertz CT molecular complexity index is 666. The Morgan fingerprint density at radius 1 is 1.14 bits per heavy atom. The van der Waals surface area contributed by atoms with Gasteiger partial charge < -0.3 is 4.74 Å². The number of hydrogen-bond acceptors (Lipinski definition) is 1. The molecular weight excluding hydrogens is 303 g/mol. The van der Waals surface area contributed by atoms with Crippen molar-refractivity contribution in [2.45, 2.75) is 31.6 Å². The van der Waals surface area contributed by atoms with Crippen molar-refractivity contribution in [2.75, 3.05) is 6.61 Å². The highest BCUT2D eigenvalue weighted by Crippen LogP contribution is 2.45. The fraction of sp³-hybridized carbons (Fsp3) is 0.333. The maximum atomic E-state index is 6.84. The Balaban J connectivity index is 2.00. The minimum atomic E-state index is -0.0639. The number of benzene rings is 2. The SMILES string of the molecule is Cc1cc(C(Cl)C2CCOc3ccccc32)c(C)cc1Cl. The third kappa shape index (κ3) is 2.77. The van der Waals surface area contributed by atoms with Gasteiger partial charge in [0.1, 0.15) is 5.75 Å². The molecule has 21 heavy (non-hydrogen) atoms. The first-order chi connectivity index (χ1) is 10.1. The third-order valence-electron chi connectivity index (χ3n) is 4.20. The molecule has 0 N–H and O–H groups in total. The van der Waals surface area contributed by atoms with E-state index in [0.29, 0.717) is 0 Å². The number of alkyl halides is 1. The number of ether oxygens (including phenoxy) is 1. The second-order valence-corrected chi connectivity index (χ2v) is 6.52. The topological polar surface area (TPSA) is 9.23 Å². The van der Waals surface area contributed by atoms with Crippen molar-refractivity contribution in [1.82, 2.24) is 0 Å². The third-order valence-corrected chi connectivity index (χ3v) is 5.15. The van der Waals surface area contributed by atoms with Crippen molar-refractivity contribution < 1.29 is 4.74 Å². The lowest BCUT2D eigenvalue weighted by molar-refractivity contribution is 0.265. The van der Waals surface area contributed by atoms with Gasteiger partial charge in [-0.3, -0.25) is 0 Å². The summed E-state index contributed by atoms with van der Waals surface area (Å²) in [5, 5.41) is 0.735. The average molecular weight is 321 g/mol. The molecule has 1 heterocycles. The molecule has 1 aliphatic rings. The van der Waals surface area contributed by atoms with E-state index in [1.54, 1.807) is 0 Å². The standard InChI is InChI=1S/C18H18Cl2O/c1-11-10-16(19)12(2)9-15(11)18(20)14-7-8-21-17-6-4-3-5-13(14)17/h3-6,9-10,14,18H,7-8H2,1-2H3.